The topological polar surface area (TPSA) is 55.6 Å². The molecule has 1 aromatic carbocycles. The summed E-state index contributed by atoms with van der Waals surface area (Å²) in [6.07, 6.45) is 4.64. The maximum absolute atomic E-state index is 12.0. The Morgan fingerprint density at radius 3 is 2.85 bits per heavy atom. The molecule has 3 aromatic rings. The van der Waals surface area contributed by atoms with E-state index in [1.54, 1.807) is 0 Å². The van der Waals surface area contributed by atoms with Crippen LogP contribution in [0.5, 0.6) is 5.75 Å². The third-order valence-corrected chi connectivity index (χ3v) is 4.35. The summed E-state index contributed by atoms with van der Waals surface area (Å²) >= 11 is 0. The van der Waals surface area contributed by atoms with Crippen molar-refractivity contribution in [2.24, 2.45) is 0 Å². The highest BCUT2D eigenvalue weighted by Crippen LogP contribution is 2.23. The van der Waals surface area contributed by atoms with E-state index in [-0.39, 0.29) is 12.5 Å². The largest absolute Gasteiger partial charge is 0.484 e. The molecule has 0 aliphatic heterocycles. The van der Waals surface area contributed by atoms with Crippen molar-refractivity contribution in [2.45, 2.75) is 33.1 Å². The van der Waals surface area contributed by atoms with E-state index in [2.05, 4.69) is 37.1 Å². The lowest BCUT2D eigenvalue weighted by Crippen LogP contribution is -2.30. The summed E-state index contributed by atoms with van der Waals surface area (Å²) in [5, 5.41) is 2.88. The smallest absolute Gasteiger partial charge is 0.257 e. The van der Waals surface area contributed by atoms with Gasteiger partial charge in [-0.05, 0) is 48.2 Å². The van der Waals surface area contributed by atoms with Crippen LogP contribution >= 0.6 is 0 Å². The summed E-state index contributed by atoms with van der Waals surface area (Å²) in [4.78, 5) is 16.5. The maximum atomic E-state index is 12.0. The lowest BCUT2D eigenvalue weighted by Gasteiger charge is -2.12. The van der Waals surface area contributed by atoms with Crippen molar-refractivity contribution in [3.8, 4) is 5.75 Å². The van der Waals surface area contributed by atoms with Gasteiger partial charge in [-0.15, -0.1) is 0 Å². The number of hydrogen-bond donors (Lipinski definition) is 1. The summed E-state index contributed by atoms with van der Waals surface area (Å²) in [5.41, 5.74) is 4.36. The zero-order valence-corrected chi connectivity index (χ0v) is 15.5. The van der Waals surface area contributed by atoms with E-state index >= 15 is 0 Å². The molecular weight excluding hydrogens is 326 g/mol. The number of pyridine rings is 1. The number of nitrogens with zero attached hydrogens (tertiary/aromatic N) is 2. The Labute approximate surface area is 154 Å². The number of aryl methyl sites for hydroxylation is 1. The van der Waals surface area contributed by atoms with Gasteiger partial charge in [0.15, 0.2) is 6.61 Å². The summed E-state index contributed by atoms with van der Waals surface area (Å²) in [5.74, 6) is 1.08. The Bertz CT molecular complexity index is 866. The maximum Gasteiger partial charge on any atom is 0.257 e. The number of imidazole rings is 1. The molecule has 0 radical (unpaired) electrons. The monoisotopic (exact) mass is 351 g/mol. The van der Waals surface area contributed by atoms with Crippen molar-refractivity contribution in [3.05, 3.63) is 65.6 Å². The number of benzene rings is 1. The SMILES string of the molecule is Cc1cc(OCC(=O)NCCc2cn3ccccc3n2)ccc1C(C)C. The molecule has 0 spiro atoms. The average molecular weight is 351 g/mol. The summed E-state index contributed by atoms with van der Waals surface area (Å²) in [6, 6.07) is 11.9. The second kappa shape index (κ2) is 8.04. The Balaban J connectivity index is 1.45. The van der Waals surface area contributed by atoms with Crippen LogP contribution in [-0.2, 0) is 11.2 Å². The molecular formula is C21H25N3O2. The number of aromatic nitrogens is 2. The molecule has 0 bridgehead atoms. The number of nitrogens with one attached hydrogen (secondary N) is 1. The van der Waals surface area contributed by atoms with E-state index in [4.69, 9.17) is 4.74 Å². The lowest BCUT2D eigenvalue weighted by atomic mass is 9.98. The van der Waals surface area contributed by atoms with Crippen LogP contribution in [0, 0.1) is 6.92 Å². The van der Waals surface area contributed by atoms with Crippen LogP contribution in [0.3, 0.4) is 0 Å². The first-order chi connectivity index (χ1) is 12.5. The first kappa shape index (κ1) is 18.0. The Morgan fingerprint density at radius 1 is 1.27 bits per heavy atom. The second-order valence-corrected chi connectivity index (χ2v) is 6.76. The summed E-state index contributed by atoms with van der Waals surface area (Å²) in [6.45, 7) is 6.96. The van der Waals surface area contributed by atoms with Gasteiger partial charge in [0.25, 0.3) is 5.91 Å². The van der Waals surface area contributed by atoms with E-state index in [1.165, 1.54) is 11.1 Å². The molecule has 2 aromatic heterocycles. The minimum Gasteiger partial charge on any atom is -0.484 e. The predicted octanol–water partition coefficient (Wildman–Crippen LogP) is 3.50. The Hall–Kier alpha value is -2.82. The van der Waals surface area contributed by atoms with E-state index in [9.17, 15) is 4.79 Å². The molecule has 0 saturated carbocycles. The second-order valence-electron chi connectivity index (χ2n) is 6.76. The molecule has 5 heteroatoms. The van der Waals surface area contributed by atoms with Gasteiger partial charge in [0.2, 0.25) is 0 Å². The van der Waals surface area contributed by atoms with Gasteiger partial charge in [0.1, 0.15) is 11.4 Å². The molecule has 26 heavy (non-hydrogen) atoms. The molecule has 0 saturated heterocycles. The number of ether oxygens (including phenoxy) is 1. The lowest BCUT2D eigenvalue weighted by molar-refractivity contribution is -0.123. The highest BCUT2D eigenvalue weighted by molar-refractivity contribution is 5.77. The van der Waals surface area contributed by atoms with Crippen molar-refractivity contribution in [1.82, 2.24) is 14.7 Å². The van der Waals surface area contributed by atoms with Crippen molar-refractivity contribution in [3.63, 3.8) is 0 Å². The van der Waals surface area contributed by atoms with Crippen LogP contribution in [0.1, 0.15) is 36.6 Å². The molecule has 3 rings (SSSR count). The Morgan fingerprint density at radius 2 is 2.12 bits per heavy atom. The van der Waals surface area contributed by atoms with Crippen LogP contribution in [0.2, 0.25) is 0 Å². The van der Waals surface area contributed by atoms with Gasteiger partial charge in [-0.2, -0.15) is 0 Å². The average Bonchev–Trinajstić information content (AvgIpc) is 3.02. The zero-order valence-electron chi connectivity index (χ0n) is 15.5. The Kier molecular flexibility index (Phi) is 5.56. The molecule has 5 nitrogen and oxygen atoms in total. The quantitative estimate of drug-likeness (QED) is 0.709. The first-order valence-corrected chi connectivity index (χ1v) is 8.95. The molecule has 136 valence electrons. The molecule has 0 unspecified atom stereocenters. The molecule has 1 N–H and O–H groups in total. The standard InChI is InChI=1S/C21H25N3O2/c1-15(2)19-8-7-18(12-16(19)3)26-14-21(25)22-10-9-17-13-24-11-5-4-6-20(24)23-17/h4-8,11-13,15H,9-10,14H2,1-3H3,(H,22,25). The molecule has 2 heterocycles. The number of hydrogen-bond acceptors (Lipinski definition) is 3. The van der Waals surface area contributed by atoms with Crippen LogP contribution < -0.4 is 10.1 Å². The van der Waals surface area contributed by atoms with Crippen molar-refractivity contribution in [2.75, 3.05) is 13.2 Å². The van der Waals surface area contributed by atoms with E-state index in [1.807, 2.05) is 47.1 Å². The number of fused-ring (bicyclic) bond motifs is 1. The van der Waals surface area contributed by atoms with Crippen molar-refractivity contribution in [1.29, 1.82) is 0 Å². The van der Waals surface area contributed by atoms with Gasteiger partial charge >= 0.3 is 0 Å². The van der Waals surface area contributed by atoms with Gasteiger partial charge < -0.3 is 14.5 Å². The first-order valence-electron chi connectivity index (χ1n) is 8.95. The van der Waals surface area contributed by atoms with Crippen molar-refractivity contribution >= 4 is 11.6 Å². The fourth-order valence-corrected chi connectivity index (χ4v) is 3.02. The molecule has 0 aliphatic rings. The zero-order chi connectivity index (χ0) is 18.5. The number of amides is 1. The van der Waals surface area contributed by atoms with Crippen LogP contribution in [-0.4, -0.2) is 28.4 Å². The van der Waals surface area contributed by atoms with Gasteiger partial charge in [0, 0.05) is 25.4 Å². The van der Waals surface area contributed by atoms with E-state index in [0.29, 0.717) is 18.9 Å². The minimum absolute atomic E-state index is 0.0195. The summed E-state index contributed by atoms with van der Waals surface area (Å²) < 4.78 is 7.58. The molecule has 0 atom stereocenters. The van der Waals surface area contributed by atoms with Gasteiger partial charge in [-0.25, -0.2) is 4.98 Å². The van der Waals surface area contributed by atoms with E-state index < -0.39 is 0 Å². The van der Waals surface area contributed by atoms with Gasteiger partial charge in [0.05, 0.1) is 5.69 Å². The normalized spacial score (nSPS) is 11.1. The third kappa shape index (κ3) is 4.42. The van der Waals surface area contributed by atoms with Gasteiger partial charge in [-0.3, -0.25) is 4.79 Å². The third-order valence-electron chi connectivity index (χ3n) is 4.35. The minimum atomic E-state index is -0.126. The van der Waals surface area contributed by atoms with Crippen LogP contribution in [0.25, 0.3) is 5.65 Å². The molecule has 1 amide bonds. The number of carbonyl (C=O) groups is 1. The number of rotatable bonds is 7. The fraction of sp³-hybridized carbons (Fsp3) is 0.333. The molecule has 0 aliphatic carbocycles. The van der Waals surface area contributed by atoms with Crippen LogP contribution in [0.4, 0.5) is 0 Å². The van der Waals surface area contributed by atoms with Gasteiger partial charge in [-0.1, -0.05) is 26.0 Å². The number of carbonyl (C=O) groups excluding carboxylic acids is 1. The predicted molar refractivity (Wildman–Crippen MR) is 103 cm³/mol. The highest BCUT2D eigenvalue weighted by atomic mass is 16.5. The summed E-state index contributed by atoms with van der Waals surface area (Å²) in [7, 11) is 0. The molecule has 0 fully saturated rings. The van der Waals surface area contributed by atoms with Crippen molar-refractivity contribution < 1.29 is 9.53 Å². The highest BCUT2D eigenvalue weighted by Gasteiger charge is 2.07. The van der Waals surface area contributed by atoms with Crippen LogP contribution in [0.15, 0.2) is 48.8 Å². The van der Waals surface area contributed by atoms with E-state index in [0.717, 1.165) is 17.1 Å². The fourth-order valence-electron chi connectivity index (χ4n) is 3.02.